The van der Waals surface area contributed by atoms with Gasteiger partial charge in [-0.2, -0.15) is 0 Å². The molecule has 1 aromatic carbocycles. The highest BCUT2D eigenvalue weighted by Gasteiger charge is 2.13. The van der Waals surface area contributed by atoms with Gasteiger partial charge in [-0.15, -0.1) is 0 Å². The highest BCUT2D eigenvalue weighted by Crippen LogP contribution is 2.14. The monoisotopic (exact) mass is 292 g/mol. The van der Waals surface area contributed by atoms with Gasteiger partial charge in [-0.05, 0) is 36.6 Å². The van der Waals surface area contributed by atoms with Gasteiger partial charge in [-0.1, -0.05) is 33.1 Å². The molecule has 0 aromatic heterocycles. The van der Waals surface area contributed by atoms with Crippen molar-refractivity contribution in [2.45, 2.75) is 39.5 Å². The topological polar surface area (TPSA) is 52.6 Å². The van der Waals surface area contributed by atoms with Crippen molar-refractivity contribution >= 4 is 11.9 Å². The predicted octanol–water partition coefficient (Wildman–Crippen LogP) is 3.85. The van der Waals surface area contributed by atoms with Crippen LogP contribution in [0.4, 0.5) is 0 Å². The van der Waals surface area contributed by atoms with Gasteiger partial charge in [0.1, 0.15) is 0 Å². The lowest BCUT2D eigenvalue weighted by Gasteiger charge is -2.14. The van der Waals surface area contributed by atoms with Crippen LogP contribution in [0.25, 0.3) is 0 Å². The summed E-state index contributed by atoms with van der Waals surface area (Å²) in [6.45, 7) is 4.72. The summed E-state index contributed by atoms with van der Waals surface area (Å²) in [7, 11) is 1.33. The molecule has 0 saturated carbocycles. The predicted molar refractivity (Wildman–Crippen MR) is 81.4 cm³/mol. The molecule has 0 heterocycles. The summed E-state index contributed by atoms with van der Waals surface area (Å²) < 4.78 is 9.96. The van der Waals surface area contributed by atoms with E-state index in [1.54, 1.807) is 24.3 Å². The number of benzene rings is 1. The first-order valence-electron chi connectivity index (χ1n) is 7.47. The second-order valence-electron chi connectivity index (χ2n) is 5.08. The fourth-order valence-corrected chi connectivity index (χ4v) is 2.04. The molecule has 21 heavy (non-hydrogen) atoms. The van der Waals surface area contributed by atoms with Crippen LogP contribution in [0.3, 0.4) is 0 Å². The van der Waals surface area contributed by atoms with E-state index >= 15 is 0 Å². The standard InChI is InChI=1S/C17H24O4/c1-4-6-7-13(5-2)12-21-17(19)15-10-8-14(9-11-15)16(18)20-3/h8-11,13H,4-7,12H2,1-3H3/t13-/m1/s1. The lowest BCUT2D eigenvalue weighted by Crippen LogP contribution is -2.14. The van der Waals surface area contributed by atoms with Gasteiger partial charge in [0.2, 0.25) is 0 Å². The van der Waals surface area contributed by atoms with Crippen molar-refractivity contribution in [2.24, 2.45) is 5.92 Å². The van der Waals surface area contributed by atoms with E-state index in [2.05, 4.69) is 18.6 Å². The van der Waals surface area contributed by atoms with Crippen molar-refractivity contribution in [2.75, 3.05) is 13.7 Å². The van der Waals surface area contributed by atoms with Crippen LogP contribution in [0.5, 0.6) is 0 Å². The third-order valence-electron chi connectivity index (χ3n) is 3.54. The number of ether oxygens (including phenoxy) is 2. The van der Waals surface area contributed by atoms with E-state index in [4.69, 9.17) is 4.74 Å². The molecule has 0 bridgehead atoms. The van der Waals surface area contributed by atoms with Gasteiger partial charge in [-0.25, -0.2) is 9.59 Å². The highest BCUT2D eigenvalue weighted by molar-refractivity contribution is 5.93. The van der Waals surface area contributed by atoms with Crippen molar-refractivity contribution in [1.29, 1.82) is 0 Å². The molecule has 4 nitrogen and oxygen atoms in total. The fraction of sp³-hybridized carbons (Fsp3) is 0.529. The van der Waals surface area contributed by atoms with Crippen LogP contribution >= 0.6 is 0 Å². The summed E-state index contributed by atoms with van der Waals surface area (Å²) in [4.78, 5) is 23.3. The molecule has 1 atom stereocenters. The maximum Gasteiger partial charge on any atom is 0.338 e. The maximum absolute atomic E-state index is 12.0. The molecular weight excluding hydrogens is 268 g/mol. The van der Waals surface area contributed by atoms with Gasteiger partial charge in [0.05, 0.1) is 24.8 Å². The smallest absolute Gasteiger partial charge is 0.338 e. The molecule has 0 aliphatic heterocycles. The summed E-state index contributed by atoms with van der Waals surface area (Å²) in [5, 5.41) is 0. The minimum absolute atomic E-state index is 0.346. The summed E-state index contributed by atoms with van der Waals surface area (Å²) in [5.41, 5.74) is 0.872. The van der Waals surface area contributed by atoms with Crippen LogP contribution in [0.15, 0.2) is 24.3 Å². The average Bonchev–Trinajstić information content (AvgIpc) is 2.54. The molecule has 0 aliphatic rings. The van der Waals surface area contributed by atoms with Crippen LogP contribution in [0.2, 0.25) is 0 Å². The largest absolute Gasteiger partial charge is 0.465 e. The minimum atomic E-state index is -0.416. The third kappa shape index (κ3) is 5.58. The molecule has 4 heteroatoms. The van der Waals surface area contributed by atoms with Crippen LogP contribution < -0.4 is 0 Å². The van der Waals surface area contributed by atoms with Crippen molar-refractivity contribution in [3.8, 4) is 0 Å². The number of unbranched alkanes of at least 4 members (excludes halogenated alkanes) is 1. The summed E-state index contributed by atoms with van der Waals surface area (Å²) in [6, 6.07) is 6.30. The summed E-state index contributed by atoms with van der Waals surface area (Å²) in [6.07, 6.45) is 4.40. The molecule has 0 unspecified atom stereocenters. The van der Waals surface area contributed by atoms with Crippen molar-refractivity contribution in [3.63, 3.8) is 0 Å². The normalized spacial score (nSPS) is 11.8. The van der Waals surface area contributed by atoms with E-state index in [9.17, 15) is 9.59 Å². The van der Waals surface area contributed by atoms with Crippen molar-refractivity contribution in [3.05, 3.63) is 35.4 Å². The van der Waals surface area contributed by atoms with E-state index < -0.39 is 5.97 Å². The Kier molecular flexibility index (Phi) is 7.51. The number of rotatable bonds is 8. The van der Waals surface area contributed by atoms with Crippen LogP contribution in [0, 0.1) is 5.92 Å². The summed E-state index contributed by atoms with van der Waals surface area (Å²) in [5.74, 6) is -0.342. The Labute approximate surface area is 126 Å². The van der Waals surface area contributed by atoms with Crippen LogP contribution in [-0.4, -0.2) is 25.7 Å². The van der Waals surface area contributed by atoms with Gasteiger partial charge in [0, 0.05) is 0 Å². The Bertz CT molecular complexity index is 450. The van der Waals surface area contributed by atoms with E-state index in [-0.39, 0.29) is 5.97 Å². The second kappa shape index (κ2) is 9.16. The Morgan fingerprint density at radius 2 is 1.62 bits per heavy atom. The quantitative estimate of drug-likeness (QED) is 0.683. The molecule has 0 saturated heterocycles. The van der Waals surface area contributed by atoms with E-state index in [1.807, 2.05) is 0 Å². The van der Waals surface area contributed by atoms with Gasteiger partial charge in [0.15, 0.2) is 0 Å². The first kappa shape index (κ1) is 17.2. The zero-order valence-corrected chi connectivity index (χ0v) is 13.1. The SMILES string of the molecule is CCCC[C@@H](CC)COC(=O)c1ccc(C(=O)OC)cc1. The lowest BCUT2D eigenvalue weighted by molar-refractivity contribution is 0.0427. The van der Waals surface area contributed by atoms with Gasteiger partial charge >= 0.3 is 11.9 Å². The van der Waals surface area contributed by atoms with E-state index in [1.165, 1.54) is 7.11 Å². The van der Waals surface area contributed by atoms with E-state index in [0.29, 0.717) is 23.7 Å². The average molecular weight is 292 g/mol. The molecule has 1 aromatic rings. The minimum Gasteiger partial charge on any atom is -0.465 e. The first-order valence-corrected chi connectivity index (χ1v) is 7.47. The number of hydrogen-bond acceptors (Lipinski definition) is 4. The number of carbonyl (C=O) groups is 2. The van der Waals surface area contributed by atoms with Crippen LogP contribution in [0.1, 0.15) is 60.2 Å². The fourth-order valence-electron chi connectivity index (χ4n) is 2.04. The third-order valence-corrected chi connectivity index (χ3v) is 3.54. The Morgan fingerprint density at radius 3 is 2.10 bits per heavy atom. The molecular formula is C17H24O4. The second-order valence-corrected chi connectivity index (χ2v) is 5.08. The maximum atomic E-state index is 12.0. The zero-order chi connectivity index (χ0) is 15.7. The van der Waals surface area contributed by atoms with Crippen molar-refractivity contribution < 1.29 is 19.1 Å². The Balaban J connectivity index is 2.53. The summed E-state index contributed by atoms with van der Waals surface area (Å²) >= 11 is 0. The number of hydrogen-bond donors (Lipinski definition) is 0. The molecule has 116 valence electrons. The van der Waals surface area contributed by atoms with Crippen LogP contribution in [-0.2, 0) is 9.47 Å². The van der Waals surface area contributed by atoms with Crippen molar-refractivity contribution in [1.82, 2.24) is 0 Å². The number of methoxy groups -OCH3 is 1. The lowest BCUT2D eigenvalue weighted by atomic mass is 10.0. The zero-order valence-electron chi connectivity index (χ0n) is 13.1. The number of esters is 2. The molecule has 1 rings (SSSR count). The van der Waals surface area contributed by atoms with Gasteiger partial charge in [0.25, 0.3) is 0 Å². The molecule has 0 amide bonds. The highest BCUT2D eigenvalue weighted by atomic mass is 16.5. The molecule has 0 radical (unpaired) electrons. The van der Waals surface area contributed by atoms with Gasteiger partial charge < -0.3 is 9.47 Å². The molecule has 0 fully saturated rings. The van der Waals surface area contributed by atoms with Gasteiger partial charge in [-0.3, -0.25) is 0 Å². The first-order chi connectivity index (χ1) is 10.1. The Hall–Kier alpha value is -1.84. The molecule has 0 aliphatic carbocycles. The number of carbonyl (C=O) groups excluding carboxylic acids is 2. The molecule has 0 N–H and O–H groups in total. The molecule has 0 spiro atoms. The van der Waals surface area contributed by atoms with E-state index in [0.717, 1.165) is 25.7 Å². The Morgan fingerprint density at radius 1 is 1.05 bits per heavy atom.